The molecule has 0 aliphatic rings. The van der Waals surface area contributed by atoms with E-state index in [1.165, 1.54) is 11.1 Å². The van der Waals surface area contributed by atoms with Gasteiger partial charge in [-0.1, -0.05) is 60.2 Å². The highest BCUT2D eigenvalue weighted by Crippen LogP contribution is 2.20. The van der Waals surface area contributed by atoms with Gasteiger partial charge in [-0.15, -0.1) is 11.8 Å². The van der Waals surface area contributed by atoms with E-state index in [1.807, 2.05) is 54.6 Å². The summed E-state index contributed by atoms with van der Waals surface area (Å²) in [6.45, 7) is 2.42. The fourth-order valence-corrected chi connectivity index (χ4v) is 3.75. The van der Waals surface area contributed by atoms with Crippen LogP contribution >= 0.6 is 11.8 Å². The van der Waals surface area contributed by atoms with Crippen molar-refractivity contribution >= 4 is 23.4 Å². The summed E-state index contributed by atoms with van der Waals surface area (Å²) in [5, 5.41) is 11.7. The first-order valence-corrected chi connectivity index (χ1v) is 10.9. The number of nitriles is 1. The van der Waals surface area contributed by atoms with Crippen LogP contribution in [0.5, 0.6) is 5.75 Å². The molecule has 5 heteroatoms. The number of anilines is 1. The summed E-state index contributed by atoms with van der Waals surface area (Å²) < 4.78 is 5.86. The van der Waals surface area contributed by atoms with Gasteiger partial charge in [-0.3, -0.25) is 4.79 Å². The molecule has 0 fully saturated rings. The van der Waals surface area contributed by atoms with Crippen LogP contribution in [0.1, 0.15) is 22.3 Å². The molecule has 4 nitrogen and oxygen atoms in total. The number of ether oxygens (including phenoxy) is 1. The lowest BCUT2D eigenvalue weighted by molar-refractivity contribution is -0.113. The number of nitrogens with one attached hydrogen (secondary N) is 1. The smallest absolute Gasteiger partial charge is 0.234 e. The van der Waals surface area contributed by atoms with Gasteiger partial charge in [0.2, 0.25) is 5.91 Å². The van der Waals surface area contributed by atoms with Crippen LogP contribution in [-0.2, 0) is 23.6 Å². The third kappa shape index (κ3) is 6.68. The van der Waals surface area contributed by atoms with E-state index in [-0.39, 0.29) is 5.91 Å². The second-order valence-corrected chi connectivity index (χ2v) is 7.94. The first-order valence-electron chi connectivity index (χ1n) is 9.74. The van der Waals surface area contributed by atoms with Crippen molar-refractivity contribution < 1.29 is 9.53 Å². The lowest BCUT2D eigenvalue weighted by Crippen LogP contribution is -2.16. The van der Waals surface area contributed by atoms with Crippen LogP contribution in [0.4, 0.5) is 5.69 Å². The van der Waals surface area contributed by atoms with Crippen molar-refractivity contribution in [3.8, 4) is 11.8 Å². The zero-order valence-electron chi connectivity index (χ0n) is 16.9. The average molecular weight is 417 g/mol. The molecule has 1 N–H and O–H groups in total. The zero-order chi connectivity index (χ0) is 21.2. The molecule has 0 bridgehead atoms. The van der Waals surface area contributed by atoms with Gasteiger partial charge in [0.05, 0.1) is 18.2 Å². The van der Waals surface area contributed by atoms with Gasteiger partial charge in [-0.2, -0.15) is 5.26 Å². The van der Waals surface area contributed by atoms with Gasteiger partial charge < -0.3 is 10.1 Å². The topological polar surface area (TPSA) is 62.1 Å². The number of hydrogen-bond acceptors (Lipinski definition) is 4. The number of aryl methyl sites for hydroxylation is 1. The number of benzene rings is 3. The van der Waals surface area contributed by atoms with Crippen LogP contribution < -0.4 is 10.1 Å². The molecule has 0 atom stereocenters. The number of thioether (sulfide) groups is 1. The Morgan fingerprint density at radius 2 is 1.83 bits per heavy atom. The fourth-order valence-electron chi connectivity index (χ4n) is 2.97. The van der Waals surface area contributed by atoms with E-state index in [9.17, 15) is 4.79 Å². The molecule has 3 rings (SSSR count). The summed E-state index contributed by atoms with van der Waals surface area (Å²) in [6.07, 6.45) is 0.386. The van der Waals surface area contributed by atoms with E-state index in [2.05, 4.69) is 36.5 Å². The maximum Gasteiger partial charge on any atom is 0.234 e. The number of hydrogen-bond donors (Lipinski definition) is 1. The first kappa shape index (κ1) is 21.5. The molecule has 1 amide bonds. The van der Waals surface area contributed by atoms with E-state index < -0.39 is 0 Å². The number of carbonyl (C=O) groups excluding carboxylic acids is 1. The van der Waals surface area contributed by atoms with Gasteiger partial charge in [0.15, 0.2) is 0 Å². The monoisotopic (exact) mass is 416 g/mol. The quantitative estimate of drug-likeness (QED) is 0.499. The summed E-state index contributed by atoms with van der Waals surface area (Å²) in [6, 6.07) is 25.6. The predicted molar refractivity (Wildman–Crippen MR) is 123 cm³/mol. The largest absolute Gasteiger partial charge is 0.489 e. The van der Waals surface area contributed by atoms with Crippen LogP contribution in [0.25, 0.3) is 0 Å². The summed E-state index contributed by atoms with van der Waals surface area (Å²) in [5.41, 5.74) is 5.09. The van der Waals surface area contributed by atoms with Crippen LogP contribution in [0, 0.1) is 18.3 Å². The van der Waals surface area contributed by atoms with Crippen LogP contribution in [0.15, 0.2) is 72.8 Å². The molecule has 0 unspecified atom stereocenters. The van der Waals surface area contributed by atoms with Gasteiger partial charge in [0.1, 0.15) is 12.4 Å². The van der Waals surface area contributed by atoms with Crippen LogP contribution in [0.3, 0.4) is 0 Å². The predicted octanol–water partition coefficient (Wildman–Crippen LogP) is 5.51. The number of para-hydroxylation sites is 1. The minimum Gasteiger partial charge on any atom is -0.489 e. The van der Waals surface area contributed by atoms with Gasteiger partial charge in [-0.25, -0.2) is 0 Å². The Morgan fingerprint density at radius 1 is 1.03 bits per heavy atom. The highest BCUT2D eigenvalue weighted by atomic mass is 32.2. The molecule has 0 saturated carbocycles. The van der Waals surface area contributed by atoms with Crippen molar-refractivity contribution in [1.82, 2.24) is 0 Å². The average Bonchev–Trinajstić information content (AvgIpc) is 2.74. The van der Waals surface area contributed by atoms with Gasteiger partial charge in [0.25, 0.3) is 0 Å². The number of amides is 1. The first-order chi connectivity index (χ1) is 14.6. The Kier molecular flexibility index (Phi) is 7.94. The highest BCUT2D eigenvalue weighted by Gasteiger charge is 2.08. The molecule has 0 radical (unpaired) electrons. The summed E-state index contributed by atoms with van der Waals surface area (Å²) >= 11 is 1.60. The molecular weight excluding hydrogens is 392 g/mol. The lowest BCUT2D eigenvalue weighted by atomic mass is 10.1. The Hall–Kier alpha value is -3.23. The van der Waals surface area contributed by atoms with Crippen molar-refractivity contribution in [3.63, 3.8) is 0 Å². The third-order valence-electron chi connectivity index (χ3n) is 4.48. The molecule has 3 aromatic rings. The molecule has 0 aromatic heterocycles. The van der Waals surface area contributed by atoms with E-state index in [0.29, 0.717) is 18.8 Å². The third-order valence-corrected chi connectivity index (χ3v) is 5.48. The Balaban J connectivity index is 1.51. The molecule has 0 aliphatic carbocycles. The maximum absolute atomic E-state index is 12.4. The molecule has 0 saturated heterocycles. The molecule has 30 heavy (non-hydrogen) atoms. The molecule has 0 spiro atoms. The van der Waals surface area contributed by atoms with Crippen molar-refractivity contribution in [2.24, 2.45) is 0 Å². The van der Waals surface area contributed by atoms with Gasteiger partial charge >= 0.3 is 0 Å². The zero-order valence-corrected chi connectivity index (χ0v) is 17.7. The summed E-state index contributed by atoms with van der Waals surface area (Å²) in [7, 11) is 0. The minimum atomic E-state index is -0.0269. The minimum absolute atomic E-state index is 0.0269. The van der Waals surface area contributed by atoms with Gasteiger partial charge in [-0.05, 0) is 36.2 Å². The molecular formula is C25H24N2O2S. The van der Waals surface area contributed by atoms with E-state index in [1.54, 1.807) is 11.8 Å². The SMILES string of the molecule is Cc1cccc(CSCC(=O)Nc2ccccc2COc2ccc(CC#N)cc2)c1. The highest BCUT2D eigenvalue weighted by molar-refractivity contribution is 7.99. The van der Waals surface area contributed by atoms with Gasteiger partial charge in [0, 0.05) is 17.0 Å². The Morgan fingerprint density at radius 3 is 2.60 bits per heavy atom. The Bertz CT molecular complexity index is 1030. The maximum atomic E-state index is 12.4. The molecule has 3 aromatic carbocycles. The number of nitrogens with zero attached hydrogens (tertiary/aromatic N) is 1. The second-order valence-electron chi connectivity index (χ2n) is 6.95. The number of carbonyl (C=O) groups is 1. The van der Waals surface area contributed by atoms with Crippen molar-refractivity contribution in [1.29, 1.82) is 5.26 Å². The number of rotatable bonds is 9. The van der Waals surface area contributed by atoms with Crippen molar-refractivity contribution in [2.45, 2.75) is 25.7 Å². The normalized spacial score (nSPS) is 10.3. The molecule has 152 valence electrons. The van der Waals surface area contributed by atoms with Crippen molar-refractivity contribution in [3.05, 3.63) is 95.1 Å². The van der Waals surface area contributed by atoms with Crippen molar-refractivity contribution in [2.75, 3.05) is 11.1 Å². The summed E-state index contributed by atoms with van der Waals surface area (Å²) in [4.78, 5) is 12.4. The van der Waals surface area contributed by atoms with Crippen LogP contribution in [-0.4, -0.2) is 11.7 Å². The van der Waals surface area contributed by atoms with E-state index in [0.717, 1.165) is 28.3 Å². The standard InChI is InChI=1S/C25H24N2O2S/c1-19-5-4-6-21(15-19)17-30-18-25(28)27-24-8-3-2-7-22(24)16-29-23-11-9-20(10-12-23)13-14-26/h2-12,15H,13,16-18H2,1H3,(H,27,28). The lowest BCUT2D eigenvalue weighted by Gasteiger charge is -2.12. The Labute approximate surface area is 181 Å². The van der Waals surface area contributed by atoms with Crippen LogP contribution in [0.2, 0.25) is 0 Å². The summed E-state index contributed by atoms with van der Waals surface area (Å²) in [5.74, 6) is 1.90. The fraction of sp³-hybridized carbons (Fsp3) is 0.200. The molecule has 0 heterocycles. The van der Waals surface area contributed by atoms with E-state index in [4.69, 9.17) is 10.00 Å². The second kappa shape index (κ2) is 11.1. The molecule has 0 aliphatic heterocycles. The van der Waals surface area contributed by atoms with E-state index >= 15 is 0 Å².